The zero-order chi connectivity index (χ0) is 30.0. The normalized spacial score (nSPS) is 42.3. The third-order valence-electron chi connectivity index (χ3n) is 13.0. The van der Waals surface area contributed by atoms with Gasteiger partial charge in [0, 0.05) is 18.3 Å². The molecule has 3 unspecified atom stereocenters. The summed E-state index contributed by atoms with van der Waals surface area (Å²) in [5.74, 6) is 7.37. The van der Waals surface area contributed by atoms with Gasteiger partial charge in [0.1, 0.15) is 5.60 Å². The Labute approximate surface area is 256 Å². The van der Waals surface area contributed by atoms with Gasteiger partial charge >= 0.3 is 0 Å². The highest BCUT2D eigenvalue weighted by Gasteiger charge is 2.65. The van der Waals surface area contributed by atoms with E-state index in [9.17, 15) is 15.3 Å². The van der Waals surface area contributed by atoms with E-state index in [2.05, 4.69) is 24.8 Å². The molecule has 6 heteroatoms. The fourth-order valence-electron chi connectivity index (χ4n) is 10.8. The number of benzene rings is 1. The molecule has 7 atom stereocenters. The Hall–Kier alpha value is -2.19. The van der Waals surface area contributed by atoms with Crippen molar-refractivity contribution < 1.29 is 24.8 Å². The van der Waals surface area contributed by atoms with Gasteiger partial charge in [-0.25, -0.2) is 0 Å². The van der Waals surface area contributed by atoms with Gasteiger partial charge in [-0.3, -0.25) is 0 Å². The van der Waals surface area contributed by atoms with E-state index in [4.69, 9.17) is 14.7 Å². The van der Waals surface area contributed by atoms with Gasteiger partial charge < -0.3 is 24.8 Å². The molecule has 6 aliphatic rings. The van der Waals surface area contributed by atoms with E-state index < -0.39 is 23.1 Å². The topological polar surface area (TPSA) is 103 Å². The molecule has 230 valence electrons. The van der Waals surface area contributed by atoms with Crippen molar-refractivity contribution in [3.8, 4) is 17.9 Å². The number of nitriles is 1. The predicted molar refractivity (Wildman–Crippen MR) is 162 cm³/mol. The summed E-state index contributed by atoms with van der Waals surface area (Å²) in [6.07, 6.45) is 9.82. The monoisotopic (exact) mass is 585 g/mol. The second-order valence-electron chi connectivity index (χ2n) is 14.9. The first kappa shape index (κ1) is 29.5. The van der Waals surface area contributed by atoms with E-state index in [0.717, 1.165) is 76.2 Å². The standard InChI is InChI=1S/C37H47NO5/c1-3-15-36(41)17-13-30-28-12-16-35(40)23-37(42-19-20-43-37)18-14-31(35)32(28)29(21-34(30,36)2)25-8-10-27(11-9-25)33(39)26-6-4-24(22-38)5-7-26/h4-7,25,27-30,33,39-41H,8-14,16-21,23H2,1-2H3/t25?,27?,28?,29-,30?,33?,34+,35-,36+/m1/s1. The maximum absolute atomic E-state index is 12.3. The summed E-state index contributed by atoms with van der Waals surface area (Å²) < 4.78 is 12.2. The van der Waals surface area contributed by atoms with Crippen molar-refractivity contribution in [2.45, 2.75) is 114 Å². The number of aliphatic hydroxyl groups excluding tert-OH is 1. The van der Waals surface area contributed by atoms with Crippen molar-refractivity contribution in [1.29, 1.82) is 5.26 Å². The van der Waals surface area contributed by atoms with Crippen molar-refractivity contribution in [2.24, 2.45) is 35.0 Å². The largest absolute Gasteiger partial charge is 0.388 e. The molecular formula is C37H47NO5. The van der Waals surface area contributed by atoms with E-state index in [1.165, 1.54) is 11.1 Å². The van der Waals surface area contributed by atoms with Gasteiger partial charge in [0.15, 0.2) is 5.79 Å². The van der Waals surface area contributed by atoms with Crippen LogP contribution in [0.25, 0.3) is 0 Å². The first-order valence-corrected chi connectivity index (χ1v) is 16.7. The average Bonchev–Trinajstić information content (AvgIpc) is 3.57. The van der Waals surface area contributed by atoms with Crippen LogP contribution in [0, 0.1) is 58.2 Å². The molecule has 0 aromatic heterocycles. The molecule has 7 rings (SSSR count). The smallest absolute Gasteiger partial charge is 0.171 e. The summed E-state index contributed by atoms with van der Waals surface area (Å²) >= 11 is 0. The third-order valence-corrected chi connectivity index (χ3v) is 13.0. The number of nitrogens with zero attached hydrogens (tertiary/aromatic N) is 1. The summed E-state index contributed by atoms with van der Waals surface area (Å²) in [6.45, 7) is 5.35. The van der Waals surface area contributed by atoms with E-state index in [1.807, 2.05) is 19.1 Å². The van der Waals surface area contributed by atoms with Crippen LogP contribution in [0.5, 0.6) is 0 Å². The molecule has 5 fully saturated rings. The molecule has 43 heavy (non-hydrogen) atoms. The summed E-state index contributed by atoms with van der Waals surface area (Å²) in [5.41, 5.74) is 2.13. The van der Waals surface area contributed by atoms with Gasteiger partial charge in [0.25, 0.3) is 0 Å². The van der Waals surface area contributed by atoms with Crippen LogP contribution in [0.3, 0.4) is 0 Å². The Balaban J connectivity index is 1.20. The van der Waals surface area contributed by atoms with Gasteiger partial charge in [-0.15, -0.1) is 5.92 Å². The van der Waals surface area contributed by atoms with Gasteiger partial charge in [0.2, 0.25) is 0 Å². The molecule has 1 spiro atoms. The molecule has 6 nitrogen and oxygen atoms in total. The van der Waals surface area contributed by atoms with E-state index >= 15 is 0 Å². The predicted octanol–water partition coefficient (Wildman–Crippen LogP) is 5.95. The molecule has 3 N–H and O–H groups in total. The Morgan fingerprint density at radius 2 is 1.65 bits per heavy atom. The number of ether oxygens (including phenoxy) is 2. The SMILES string of the molecule is CC#C[C@]1(O)CCC2C3CC[C@@]4(O)CC5(CCC4=C3[C@@H](C3CCC(C(O)c4ccc(C#N)cc4)CC3)C[C@@]21C)OCCO5. The van der Waals surface area contributed by atoms with Crippen LogP contribution in [-0.2, 0) is 9.47 Å². The number of rotatable bonds is 3. The quantitative estimate of drug-likeness (QED) is 0.299. The van der Waals surface area contributed by atoms with Crippen LogP contribution in [0.1, 0.15) is 108 Å². The Kier molecular flexibility index (Phi) is 7.35. The fourth-order valence-corrected chi connectivity index (χ4v) is 10.8. The van der Waals surface area contributed by atoms with Crippen LogP contribution in [0.15, 0.2) is 35.4 Å². The minimum absolute atomic E-state index is 0.188. The van der Waals surface area contributed by atoms with Crippen LogP contribution in [0.4, 0.5) is 0 Å². The Morgan fingerprint density at radius 1 is 0.930 bits per heavy atom. The van der Waals surface area contributed by atoms with Gasteiger partial charge in [-0.05, 0) is 124 Å². The highest BCUT2D eigenvalue weighted by Crippen LogP contribution is 2.68. The highest BCUT2D eigenvalue weighted by atomic mass is 16.7. The number of allylic oxidation sites excluding steroid dienone is 1. The summed E-state index contributed by atoms with van der Waals surface area (Å²) in [5, 5.41) is 44.8. The van der Waals surface area contributed by atoms with Crippen molar-refractivity contribution in [1.82, 2.24) is 0 Å². The summed E-state index contributed by atoms with van der Waals surface area (Å²) in [7, 11) is 0. The Morgan fingerprint density at radius 3 is 2.33 bits per heavy atom. The number of hydrogen-bond donors (Lipinski definition) is 3. The summed E-state index contributed by atoms with van der Waals surface area (Å²) in [4.78, 5) is 0. The maximum atomic E-state index is 12.3. The minimum Gasteiger partial charge on any atom is -0.388 e. The van der Waals surface area contributed by atoms with Gasteiger partial charge in [0.05, 0.1) is 36.6 Å². The van der Waals surface area contributed by atoms with Crippen molar-refractivity contribution in [2.75, 3.05) is 13.2 Å². The first-order chi connectivity index (χ1) is 20.6. The molecule has 0 radical (unpaired) electrons. The van der Waals surface area contributed by atoms with Crippen molar-refractivity contribution >= 4 is 0 Å². The lowest BCUT2D eigenvalue weighted by Crippen LogP contribution is -2.56. The van der Waals surface area contributed by atoms with Crippen molar-refractivity contribution in [3.63, 3.8) is 0 Å². The van der Waals surface area contributed by atoms with Gasteiger partial charge in [-0.1, -0.05) is 30.6 Å². The molecular weight excluding hydrogens is 538 g/mol. The molecule has 1 aromatic rings. The zero-order valence-corrected chi connectivity index (χ0v) is 25.8. The lowest BCUT2D eigenvalue weighted by atomic mass is 9.48. The third kappa shape index (κ3) is 4.63. The molecule has 4 saturated carbocycles. The fraction of sp³-hybridized carbons (Fsp3) is 0.703. The minimum atomic E-state index is -0.972. The van der Waals surface area contributed by atoms with E-state index in [1.54, 1.807) is 12.1 Å². The van der Waals surface area contributed by atoms with Crippen molar-refractivity contribution in [3.05, 3.63) is 46.5 Å². The van der Waals surface area contributed by atoms with Gasteiger partial charge in [-0.2, -0.15) is 5.26 Å². The molecule has 1 aliphatic heterocycles. The second-order valence-corrected chi connectivity index (χ2v) is 14.9. The Bertz CT molecular complexity index is 1370. The van der Waals surface area contributed by atoms with Crippen LogP contribution in [0.2, 0.25) is 0 Å². The number of fused-ring (bicyclic) bond motifs is 4. The second kappa shape index (κ2) is 10.7. The number of aliphatic hydroxyl groups is 3. The van der Waals surface area contributed by atoms with E-state index in [0.29, 0.717) is 48.9 Å². The molecule has 0 bridgehead atoms. The first-order valence-electron chi connectivity index (χ1n) is 16.7. The zero-order valence-electron chi connectivity index (χ0n) is 25.8. The van der Waals surface area contributed by atoms with Crippen LogP contribution in [-0.4, -0.2) is 45.5 Å². The lowest BCUT2D eigenvalue weighted by molar-refractivity contribution is -0.208. The molecule has 1 aromatic carbocycles. The molecule has 1 heterocycles. The highest BCUT2D eigenvalue weighted by molar-refractivity contribution is 5.40. The number of hydrogen-bond acceptors (Lipinski definition) is 6. The van der Waals surface area contributed by atoms with Crippen LogP contribution < -0.4 is 0 Å². The lowest BCUT2D eigenvalue weighted by Gasteiger charge is -2.58. The van der Waals surface area contributed by atoms with E-state index in [-0.39, 0.29) is 11.3 Å². The molecule has 0 amide bonds. The molecule has 5 aliphatic carbocycles. The molecule has 1 saturated heterocycles. The average molecular weight is 586 g/mol. The maximum Gasteiger partial charge on any atom is 0.171 e. The van der Waals surface area contributed by atoms with Crippen LogP contribution >= 0.6 is 0 Å². The summed E-state index contributed by atoms with van der Waals surface area (Å²) in [6, 6.07) is 9.52.